The van der Waals surface area contributed by atoms with Crippen molar-refractivity contribution in [1.82, 2.24) is 0 Å². The summed E-state index contributed by atoms with van der Waals surface area (Å²) in [5.74, 6) is 0.721. The molecule has 0 aliphatic carbocycles. The molecule has 2 nitrogen and oxygen atoms in total. The maximum Gasteiger partial charge on any atom is 0.138 e. The van der Waals surface area contributed by atoms with Crippen LogP contribution in [0.3, 0.4) is 0 Å². The van der Waals surface area contributed by atoms with Gasteiger partial charge in [-0.15, -0.1) is 0 Å². The van der Waals surface area contributed by atoms with E-state index in [2.05, 4.69) is 27.7 Å². The third-order valence-electron chi connectivity index (χ3n) is 8.85. The monoisotopic (exact) mass is 549 g/mol. The van der Waals surface area contributed by atoms with Gasteiger partial charge in [-0.1, -0.05) is 182 Å². The van der Waals surface area contributed by atoms with Crippen LogP contribution < -0.4 is 0 Å². The average molecular weight is 549 g/mol. The molecule has 2 heteroatoms. The normalized spacial score (nSPS) is 11.8. The lowest BCUT2D eigenvalue weighted by Gasteiger charge is -2.22. The summed E-state index contributed by atoms with van der Waals surface area (Å²) in [4.78, 5) is 25.1. The molecule has 0 amide bonds. The van der Waals surface area contributed by atoms with E-state index in [1.165, 1.54) is 154 Å². The Balaban J connectivity index is 3.54. The van der Waals surface area contributed by atoms with Gasteiger partial charge >= 0.3 is 0 Å². The van der Waals surface area contributed by atoms with Crippen LogP contribution in [0, 0.1) is 5.41 Å². The van der Waals surface area contributed by atoms with Crippen LogP contribution in [0.4, 0.5) is 0 Å². The molecule has 0 aromatic heterocycles. The minimum Gasteiger partial charge on any atom is -0.300 e. The molecule has 0 aliphatic rings. The Labute approximate surface area is 246 Å². The summed E-state index contributed by atoms with van der Waals surface area (Å²) < 4.78 is 0. The maximum absolute atomic E-state index is 12.7. The molecule has 0 rings (SSSR count). The third kappa shape index (κ3) is 27.3. The predicted octanol–water partition coefficient (Wildman–Crippen LogP) is 12.9. The van der Waals surface area contributed by atoms with Gasteiger partial charge < -0.3 is 0 Å². The average Bonchev–Trinajstić information content (AvgIpc) is 2.92. The number of carbonyl (C=O) groups is 2. The van der Waals surface area contributed by atoms with E-state index in [9.17, 15) is 9.59 Å². The van der Waals surface area contributed by atoms with Crippen LogP contribution in [0.1, 0.15) is 220 Å². The van der Waals surface area contributed by atoms with Crippen molar-refractivity contribution in [2.24, 2.45) is 5.41 Å². The van der Waals surface area contributed by atoms with Crippen LogP contribution in [0.2, 0.25) is 0 Å². The van der Waals surface area contributed by atoms with Crippen molar-refractivity contribution >= 4 is 11.6 Å². The number of unbranched alkanes of at least 4 members (excludes halogenated alkanes) is 24. The largest absolute Gasteiger partial charge is 0.300 e. The van der Waals surface area contributed by atoms with E-state index in [0.29, 0.717) is 30.8 Å². The molecule has 0 spiro atoms. The standard InChI is InChI=1S/C37H72O2/c1-5-7-9-11-13-15-17-18-19-20-22-23-25-27-29-31-35(38)33-34-37(3,4)36(39)32-30-28-26-24-21-16-14-12-10-8-6-2/h5-34H2,1-4H3. The Morgan fingerprint density at radius 1 is 0.385 bits per heavy atom. The lowest BCUT2D eigenvalue weighted by molar-refractivity contribution is -0.128. The Morgan fingerprint density at radius 2 is 0.667 bits per heavy atom. The zero-order valence-electron chi connectivity index (χ0n) is 27.5. The Kier molecular flexibility index (Phi) is 28.4. The predicted molar refractivity (Wildman–Crippen MR) is 174 cm³/mol. The lowest BCUT2D eigenvalue weighted by Crippen LogP contribution is -2.25. The zero-order valence-corrected chi connectivity index (χ0v) is 27.5. The highest BCUT2D eigenvalue weighted by atomic mass is 16.1. The summed E-state index contributed by atoms with van der Waals surface area (Å²) in [5, 5.41) is 0. The van der Waals surface area contributed by atoms with Gasteiger partial charge in [0.25, 0.3) is 0 Å². The van der Waals surface area contributed by atoms with Crippen molar-refractivity contribution in [2.45, 2.75) is 220 Å². The molecule has 0 saturated carbocycles. The van der Waals surface area contributed by atoms with Crippen LogP contribution >= 0.6 is 0 Å². The minimum absolute atomic E-state index is 0.344. The summed E-state index contributed by atoms with van der Waals surface area (Å²) in [7, 11) is 0. The highest BCUT2D eigenvalue weighted by molar-refractivity contribution is 5.85. The Bertz CT molecular complexity index is 536. The van der Waals surface area contributed by atoms with E-state index in [4.69, 9.17) is 0 Å². The molecule has 0 N–H and O–H groups in total. The topological polar surface area (TPSA) is 34.1 Å². The van der Waals surface area contributed by atoms with Crippen LogP contribution in [-0.4, -0.2) is 11.6 Å². The van der Waals surface area contributed by atoms with E-state index >= 15 is 0 Å². The van der Waals surface area contributed by atoms with E-state index in [-0.39, 0.29) is 5.41 Å². The summed E-state index contributed by atoms with van der Waals surface area (Å²) in [6.45, 7) is 8.66. The van der Waals surface area contributed by atoms with Gasteiger partial charge in [0, 0.05) is 24.7 Å². The van der Waals surface area contributed by atoms with Gasteiger partial charge in [0.1, 0.15) is 11.6 Å². The highest BCUT2D eigenvalue weighted by Gasteiger charge is 2.27. The highest BCUT2D eigenvalue weighted by Crippen LogP contribution is 2.27. The Morgan fingerprint density at radius 3 is 1.00 bits per heavy atom. The van der Waals surface area contributed by atoms with Crippen molar-refractivity contribution in [3.8, 4) is 0 Å². The number of rotatable bonds is 32. The molecule has 0 fully saturated rings. The quantitative estimate of drug-likeness (QED) is 0.0783. The van der Waals surface area contributed by atoms with Crippen LogP contribution in [-0.2, 0) is 9.59 Å². The minimum atomic E-state index is -0.344. The van der Waals surface area contributed by atoms with Crippen molar-refractivity contribution in [3.63, 3.8) is 0 Å². The molecule has 0 saturated heterocycles. The second-order valence-corrected chi connectivity index (χ2v) is 13.3. The fraction of sp³-hybridized carbons (Fsp3) is 0.946. The van der Waals surface area contributed by atoms with Gasteiger partial charge in [0.05, 0.1) is 0 Å². The molecule has 0 aliphatic heterocycles. The molecule has 0 unspecified atom stereocenters. The number of hydrogen-bond acceptors (Lipinski definition) is 2. The maximum atomic E-state index is 12.7. The molecule has 0 heterocycles. The summed E-state index contributed by atoms with van der Waals surface area (Å²) in [6, 6.07) is 0. The van der Waals surface area contributed by atoms with Gasteiger partial charge in [-0.05, 0) is 19.3 Å². The SMILES string of the molecule is CCCCCCCCCCCCCCCCCC(=O)CCC(C)(C)C(=O)CCCCCCCCCCCCC. The van der Waals surface area contributed by atoms with E-state index < -0.39 is 0 Å². The first-order chi connectivity index (χ1) is 18.9. The van der Waals surface area contributed by atoms with Gasteiger partial charge in [0.15, 0.2) is 0 Å². The summed E-state index contributed by atoms with van der Waals surface area (Å²) in [6.07, 6.45) is 37.4. The van der Waals surface area contributed by atoms with Crippen molar-refractivity contribution in [3.05, 3.63) is 0 Å². The van der Waals surface area contributed by atoms with Gasteiger partial charge in [-0.3, -0.25) is 9.59 Å². The first-order valence-electron chi connectivity index (χ1n) is 18.0. The number of Topliss-reactive ketones (excluding diaryl/α,β-unsaturated/α-hetero) is 2. The lowest BCUT2D eigenvalue weighted by atomic mass is 9.80. The molecule has 0 aromatic rings. The van der Waals surface area contributed by atoms with Crippen LogP contribution in [0.15, 0.2) is 0 Å². The van der Waals surface area contributed by atoms with E-state index in [1.54, 1.807) is 0 Å². The molecule has 0 atom stereocenters. The summed E-state index contributed by atoms with van der Waals surface area (Å²) in [5.41, 5.74) is -0.344. The second-order valence-electron chi connectivity index (χ2n) is 13.3. The molecule has 0 radical (unpaired) electrons. The van der Waals surface area contributed by atoms with Crippen molar-refractivity contribution in [2.75, 3.05) is 0 Å². The van der Waals surface area contributed by atoms with Crippen molar-refractivity contribution in [1.29, 1.82) is 0 Å². The van der Waals surface area contributed by atoms with Gasteiger partial charge in [-0.2, -0.15) is 0 Å². The number of ketones is 2. The fourth-order valence-corrected chi connectivity index (χ4v) is 5.70. The number of hydrogen-bond donors (Lipinski definition) is 0. The van der Waals surface area contributed by atoms with Gasteiger partial charge in [0.2, 0.25) is 0 Å². The smallest absolute Gasteiger partial charge is 0.138 e. The first-order valence-corrected chi connectivity index (χ1v) is 18.0. The summed E-state index contributed by atoms with van der Waals surface area (Å²) >= 11 is 0. The van der Waals surface area contributed by atoms with Crippen LogP contribution in [0.25, 0.3) is 0 Å². The number of carbonyl (C=O) groups excluding carboxylic acids is 2. The molecule has 0 bridgehead atoms. The van der Waals surface area contributed by atoms with Crippen molar-refractivity contribution < 1.29 is 9.59 Å². The zero-order chi connectivity index (χ0) is 28.9. The Hall–Kier alpha value is -0.660. The van der Waals surface area contributed by atoms with E-state index in [0.717, 1.165) is 19.3 Å². The van der Waals surface area contributed by atoms with Crippen LogP contribution in [0.5, 0.6) is 0 Å². The molecule has 39 heavy (non-hydrogen) atoms. The molecule has 0 aromatic carbocycles. The fourth-order valence-electron chi connectivity index (χ4n) is 5.70. The first kappa shape index (κ1) is 38.3. The molecule has 232 valence electrons. The van der Waals surface area contributed by atoms with E-state index in [1.807, 2.05) is 0 Å². The van der Waals surface area contributed by atoms with Gasteiger partial charge in [-0.25, -0.2) is 0 Å². The second kappa shape index (κ2) is 28.9. The third-order valence-corrected chi connectivity index (χ3v) is 8.85. The molecular weight excluding hydrogens is 476 g/mol. The molecular formula is C37H72O2.